The first-order valence-corrected chi connectivity index (χ1v) is 6.72. The van der Waals surface area contributed by atoms with E-state index >= 15 is 0 Å². The number of rotatable bonds is 3. The van der Waals surface area contributed by atoms with Crippen LogP contribution in [-0.2, 0) is 11.2 Å². The maximum atomic E-state index is 11.1. The van der Waals surface area contributed by atoms with Crippen LogP contribution in [0.15, 0.2) is 11.4 Å². The number of carbonyl (C=O) groups is 1. The average molecular weight is 236 g/mol. The predicted molar refractivity (Wildman–Crippen MR) is 64.3 cm³/mol. The van der Waals surface area contributed by atoms with Crippen LogP contribution in [0, 0.1) is 5.92 Å². The molecular formula is C12H16N2OS. The van der Waals surface area contributed by atoms with Crippen molar-refractivity contribution in [3.05, 3.63) is 21.9 Å². The van der Waals surface area contributed by atoms with Crippen molar-refractivity contribution in [1.29, 1.82) is 0 Å². The number of carbonyl (C=O) groups excluding carboxylic acids is 1. The zero-order valence-electron chi connectivity index (χ0n) is 9.19. The summed E-state index contributed by atoms with van der Waals surface area (Å²) in [5.41, 5.74) is 6.78. The summed E-state index contributed by atoms with van der Waals surface area (Å²) in [6, 6.07) is 2.69. The predicted octanol–water partition coefficient (Wildman–Crippen LogP) is 1.54. The van der Waals surface area contributed by atoms with Gasteiger partial charge in [0.1, 0.15) is 0 Å². The molecule has 2 N–H and O–H groups in total. The minimum atomic E-state index is -0.204. The molecule has 4 heteroatoms. The van der Waals surface area contributed by atoms with Crippen LogP contribution < -0.4 is 5.73 Å². The van der Waals surface area contributed by atoms with E-state index in [2.05, 4.69) is 16.3 Å². The van der Waals surface area contributed by atoms with Gasteiger partial charge in [-0.1, -0.05) is 0 Å². The highest BCUT2D eigenvalue weighted by molar-refractivity contribution is 7.10. The van der Waals surface area contributed by atoms with E-state index in [0.29, 0.717) is 12.6 Å². The van der Waals surface area contributed by atoms with Gasteiger partial charge in [0.05, 0.1) is 6.54 Å². The second-order valence-electron chi connectivity index (χ2n) is 4.77. The Hall–Kier alpha value is -0.870. The molecule has 86 valence electrons. The molecule has 2 aliphatic rings. The lowest BCUT2D eigenvalue weighted by Crippen LogP contribution is -2.41. The van der Waals surface area contributed by atoms with Crippen molar-refractivity contribution in [2.75, 3.05) is 13.1 Å². The Labute approximate surface area is 99.2 Å². The number of fused-ring (bicyclic) bond motifs is 1. The highest BCUT2D eigenvalue weighted by Gasteiger charge is 2.40. The molecule has 3 rings (SSSR count). The van der Waals surface area contributed by atoms with Crippen molar-refractivity contribution < 1.29 is 4.79 Å². The standard InChI is InChI=1S/C12H16N2OS/c13-11(15)7-14-5-3-10-9(4-6-16-10)12(14)8-1-2-8/h4,6,8,12H,1-3,5,7H2,(H2,13,15)/t12-/m1/s1. The van der Waals surface area contributed by atoms with E-state index in [-0.39, 0.29) is 5.91 Å². The highest BCUT2D eigenvalue weighted by Crippen LogP contribution is 2.48. The number of nitrogens with two attached hydrogens (primary N) is 1. The summed E-state index contributed by atoms with van der Waals surface area (Å²) in [6.45, 7) is 1.40. The second-order valence-corrected chi connectivity index (χ2v) is 5.77. The van der Waals surface area contributed by atoms with Gasteiger partial charge in [0.15, 0.2) is 0 Å². The summed E-state index contributed by atoms with van der Waals surface area (Å²) < 4.78 is 0. The number of nitrogens with zero attached hydrogens (tertiary/aromatic N) is 1. The van der Waals surface area contributed by atoms with E-state index in [4.69, 9.17) is 5.73 Å². The van der Waals surface area contributed by atoms with Gasteiger partial charge in [0.2, 0.25) is 5.91 Å². The third kappa shape index (κ3) is 1.76. The molecule has 1 atom stereocenters. The molecule has 0 unspecified atom stereocenters. The van der Waals surface area contributed by atoms with Gasteiger partial charge in [-0.2, -0.15) is 0 Å². The van der Waals surface area contributed by atoms with Crippen LogP contribution in [0.25, 0.3) is 0 Å². The van der Waals surface area contributed by atoms with Crippen LogP contribution in [0.1, 0.15) is 29.3 Å². The molecular weight excluding hydrogens is 220 g/mol. The lowest BCUT2D eigenvalue weighted by Gasteiger charge is -2.35. The Morgan fingerprint density at radius 1 is 1.56 bits per heavy atom. The summed E-state index contributed by atoms with van der Waals surface area (Å²) >= 11 is 1.85. The highest BCUT2D eigenvalue weighted by atomic mass is 32.1. The summed E-state index contributed by atoms with van der Waals surface area (Å²) in [5, 5.41) is 2.17. The summed E-state index contributed by atoms with van der Waals surface area (Å²) in [6.07, 6.45) is 3.67. The Kier molecular flexibility index (Phi) is 2.48. The first kappa shape index (κ1) is 10.3. The molecule has 0 saturated heterocycles. The van der Waals surface area contributed by atoms with Gasteiger partial charge in [-0.15, -0.1) is 11.3 Å². The summed E-state index contributed by atoms with van der Waals surface area (Å²) in [5.74, 6) is 0.553. The maximum Gasteiger partial charge on any atom is 0.231 e. The van der Waals surface area contributed by atoms with Crippen LogP contribution in [0.2, 0.25) is 0 Å². The molecule has 3 nitrogen and oxygen atoms in total. The molecule has 0 aromatic carbocycles. The molecule has 1 fully saturated rings. The Bertz CT molecular complexity index is 411. The Morgan fingerprint density at radius 2 is 2.38 bits per heavy atom. The Balaban J connectivity index is 1.88. The van der Waals surface area contributed by atoms with Crippen LogP contribution in [0.5, 0.6) is 0 Å². The van der Waals surface area contributed by atoms with E-state index in [0.717, 1.165) is 18.9 Å². The zero-order valence-corrected chi connectivity index (χ0v) is 10.0. The van der Waals surface area contributed by atoms with Crippen molar-refractivity contribution >= 4 is 17.2 Å². The van der Waals surface area contributed by atoms with Crippen molar-refractivity contribution in [3.63, 3.8) is 0 Å². The van der Waals surface area contributed by atoms with E-state index in [1.807, 2.05) is 11.3 Å². The molecule has 16 heavy (non-hydrogen) atoms. The van der Waals surface area contributed by atoms with E-state index in [1.54, 1.807) is 0 Å². The van der Waals surface area contributed by atoms with Crippen LogP contribution >= 0.6 is 11.3 Å². The second kappa shape index (κ2) is 3.86. The smallest absolute Gasteiger partial charge is 0.231 e. The average Bonchev–Trinajstić information content (AvgIpc) is 2.94. The first-order chi connectivity index (χ1) is 7.75. The van der Waals surface area contributed by atoms with Gasteiger partial charge < -0.3 is 5.73 Å². The number of amides is 1. The summed E-state index contributed by atoms with van der Waals surface area (Å²) in [4.78, 5) is 14.9. The van der Waals surface area contributed by atoms with Crippen molar-refractivity contribution in [2.45, 2.75) is 25.3 Å². The van der Waals surface area contributed by atoms with Crippen LogP contribution in [0.3, 0.4) is 0 Å². The van der Waals surface area contributed by atoms with Crippen molar-refractivity contribution in [1.82, 2.24) is 4.90 Å². The largest absolute Gasteiger partial charge is 0.369 e. The first-order valence-electron chi connectivity index (χ1n) is 5.84. The van der Waals surface area contributed by atoms with Gasteiger partial charge in [0.25, 0.3) is 0 Å². The lowest BCUT2D eigenvalue weighted by atomic mass is 9.96. The van der Waals surface area contributed by atoms with E-state index in [9.17, 15) is 4.79 Å². The maximum absolute atomic E-state index is 11.1. The summed E-state index contributed by atoms with van der Waals surface area (Å²) in [7, 11) is 0. The minimum Gasteiger partial charge on any atom is -0.369 e. The molecule has 1 aliphatic carbocycles. The quantitative estimate of drug-likeness (QED) is 0.865. The van der Waals surface area contributed by atoms with Gasteiger partial charge >= 0.3 is 0 Å². The normalized spacial score (nSPS) is 25.4. The van der Waals surface area contributed by atoms with Crippen molar-refractivity contribution in [3.8, 4) is 0 Å². The number of primary amides is 1. The lowest BCUT2D eigenvalue weighted by molar-refractivity contribution is -0.119. The SMILES string of the molecule is NC(=O)CN1CCc2sccc2[C@H]1C1CC1. The van der Waals surface area contributed by atoms with Gasteiger partial charge in [-0.25, -0.2) is 0 Å². The van der Waals surface area contributed by atoms with Crippen LogP contribution in [0.4, 0.5) is 0 Å². The third-order valence-corrected chi connectivity index (χ3v) is 4.54. The third-order valence-electron chi connectivity index (χ3n) is 3.55. The minimum absolute atomic E-state index is 0.204. The van der Waals surface area contributed by atoms with E-state index in [1.165, 1.54) is 23.3 Å². The van der Waals surface area contributed by atoms with Gasteiger partial charge in [-0.3, -0.25) is 9.69 Å². The molecule has 1 aromatic rings. The fraction of sp³-hybridized carbons (Fsp3) is 0.583. The molecule has 0 radical (unpaired) electrons. The monoisotopic (exact) mass is 236 g/mol. The number of hydrogen-bond acceptors (Lipinski definition) is 3. The molecule has 0 spiro atoms. The number of thiophene rings is 1. The fourth-order valence-electron chi connectivity index (χ4n) is 2.74. The Morgan fingerprint density at radius 3 is 3.06 bits per heavy atom. The molecule has 0 bridgehead atoms. The van der Waals surface area contributed by atoms with E-state index < -0.39 is 0 Å². The van der Waals surface area contributed by atoms with Gasteiger partial charge in [-0.05, 0) is 42.2 Å². The van der Waals surface area contributed by atoms with Crippen LogP contribution in [-0.4, -0.2) is 23.9 Å². The molecule has 1 amide bonds. The topological polar surface area (TPSA) is 46.3 Å². The van der Waals surface area contributed by atoms with Crippen molar-refractivity contribution in [2.24, 2.45) is 11.7 Å². The number of hydrogen-bond donors (Lipinski definition) is 1. The fourth-order valence-corrected chi connectivity index (χ4v) is 3.65. The molecule has 1 aromatic heterocycles. The molecule has 1 saturated carbocycles. The molecule has 1 aliphatic heterocycles. The molecule has 2 heterocycles. The van der Waals surface area contributed by atoms with Gasteiger partial charge in [0, 0.05) is 17.5 Å². The zero-order chi connectivity index (χ0) is 11.1.